The van der Waals surface area contributed by atoms with Crippen LogP contribution < -0.4 is 4.74 Å². The number of hydrogen-bond donors (Lipinski definition) is 3. The lowest BCUT2D eigenvalue weighted by atomic mass is 9.32. The average molecular weight is 647 g/mol. The van der Waals surface area contributed by atoms with Crippen molar-refractivity contribution in [2.24, 2.45) is 33.5 Å². The summed E-state index contributed by atoms with van der Waals surface area (Å²) in [5.74, 6) is -1.05. The molecule has 2 bridgehead atoms. The molecule has 1 heterocycles. The Kier molecular flexibility index (Phi) is 6.59. The molecule has 0 amide bonds. The van der Waals surface area contributed by atoms with Gasteiger partial charge in [-0.05, 0) is 92.5 Å². The van der Waals surface area contributed by atoms with Crippen molar-refractivity contribution in [3.8, 4) is 5.75 Å². The summed E-state index contributed by atoms with van der Waals surface area (Å²) in [6, 6.07) is 9.11. The molecule has 2 aromatic carbocycles. The summed E-state index contributed by atoms with van der Waals surface area (Å²) >= 11 is 1.52. The third-order valence-electron chi connectivity index (χ3n) is 13.3. The summed E-state index contributed by atoms with van der Waals surface area (Å²) in [6.45, 7) is 4.52. The zero-order valence-corrected chi connectivity index (χ0v) is 27.2. The molecular formula is C37H40F2N2O4S. The van der Waals surface area contributed by atoms with Crippen LogP contribution in [-0.2, 0) is 0 Å². The number of aromatic nitrogens is 2. The van der Waals surface area contributed by atoms with Crippen molar-refractivity contribution in [1.29, 1.82) is 0 Å². The number of nitrogens with one attached hydrogen (secondary N) is 1. The number of methoxy groups -OCH3 is 1. The van der Waals surface area contributed by atoms with Gasteiger partial charge in [-0.3, -0.25) is 4.79 Å². The van der Waals surface area contributed by atoms with E-state index in [1.165, 1.54) is 17.8 Å². The third-order valence-corrected chi connectivity index (χ3v) is 14.3. The van der Waals surface area contributed by atoms with Crippen LogP contribution in [0, 0.1) is 45.1 Å². The van der Waals surface area contributed by atoms with E-state index in [4.69, 9.17) is 9.72 Å². The summed E-state index contributed by atoms with van der Waals surface area (Å²) in [6.07, 6.45) is 11.2. The van der Waals surface area contributed by atoms with E-state index in [9.17, 15) is 23.8 Å². The number of nitrogens with zero attached hydrogens (tertiary/aromatic N) is 1. The SMILES string of the molecule is COc1ccc2nc(SC[C@]3(O)CC[C@H]4[C@]56C=C[C@@]7(C=C5C(=O)c5ccc(F)c(F)c5)CC(O)CC[C@]7(C)[C@H]6CC[C@@]43C)[nH]c2c1. The number of aromatic amines is 1. The van der Waals surface area contributed by atoms with E-state index in [2.05, 4.69) is 37.1 Å². The zero-order chi connectivity index (χ0) is 32.3. The van der Waals surface area contributed by atoms with Crippen LogP contribution in [0.25, 0.3) is 11.0 Å². The Labute approximate surface area is 271 Å². The van der Waals surface area contributed by atoms with Gasteiger partial charge < -0.3 is 19.9 Å². The lowest BCUT2D eigenvalue weighted by Crippen LogP contribution is -2.67. The van der Waals surface area contributed by atoms with Gasteiger partial charge >= 0.3 is 0 Å². The number of aliphatic hydroxyl groups excluding tert-OH is 1. The van der Waals surface area contributed by atoms with E-state index < -0.39 is 39.6 Å². The number of fused-ring (bicyclic) bond motifs is 2. The van der Waals surface area contributed by atoms with Crippen LogP contribution in [-0.4, -0.2) is 50.5 Å². The highest BCUT2D eigenvalue weighted by Gasteiger charge is 2.74. The minimum absolute atomic E-state index is 0.0389. The second-order valence-corrected chi connectivity index (χ2v) is 15.9. The fourth-order valence-electron chi connectivity index (χ4n) is 10.7. The van der Waals surface area contributed by atoms with E-state index in [1.807, 2.05) is 18.2 Å². The number of carbonyl (C=O) groups excluding carboxylic acids is 1. The van der Waals surface area contributed by atoms with Gasteiger partial charge in [0.1, 0.15) is 5.75 Å². The number of rotatable bonds is 6. The molecule has 8 atom stereocenters. The number of ketones is 1. The molecule has 3 saturated carbocycles. The number of benzene rings is 2. The quantitative estimate of drug-likeness (QED) is 0.147. The molecule has 0 aliphatic heterocycles. The molecule has 3 aromatic rings. The fraction of sp³-hybridized carbons (Fsp3) is 0.514. The van der Waals surface area contributed by atoms with Gasteiger partial charge in [0.15, 0.2) is 22.6 Å². The zero-order valence-electron chi connectivity index (χ0n) is 26.4. The second kappa shape index (κ2) is 10.0. The van der Waals surface area contributed by atoms with E-state index in [-0.39, 0.29) is 28.6 Å². The number of thioether (sulfide) groups is 1. The van der Waals surface area contributed by atoms with Crippen LogP contribution in [0.15, 0.2) is 65.4 Å². The molecule has 6 aliphatic carbocycles. The summed E-state index contributed by atoms with van der Waals surface area (Å²) in [7, 11) is 1.63. The Morgan fingerprint density at radius 2 is 1.78 bits per heavy atom. The van der Waals surface area contributed by atoms with Gasteiger partial charge in [0.2, 0.25) is 0 Å². The van der Waals surface area contributed by atoms with Crippen molar-refractivity contribution in [1.82, 2.24) is 9.97 Å². The van der Waals surface area contributed by atoms with Crippen molar-refractivity contribution in [3.05, 3.63) is 77.4 Å². The molecule has 6 aliphatic rings. The van der Waals surface area contributed by atoms with Gasteiger partial charge in [0, 0.05) is 39.2 Å². The summed E-state index contributed by atoms with van der Waals surface area (Å²) in [5.41, 5.74) is -0.406. The van der Waals surface area contributed by atoms with Crippen molar-refractivity contribution in [3.63, 3.8) is 0 Å². The maximum Gasteiger partial charge on any atom is 0.189 e. The molecule has 0 radical (unpaired) electrons. The predicted molar refractivity (Wildman–Crippen MR) is 173 cm³/mol. The minimum atomic E-state index is -1.04. The van der Waals surface area contributed by atoms with Crippen LogP contribution >= 0.6 is 11.8 Å². The largest absolute Gasteiger partial charge is 0.497 e. The van der Waals surface area contributed by atoms with Gasteiger partial charge in [-0.25, -0.2) is 13.8 Å². The Balaban J connectivity index is 1.19. The first-order valence-electron chi connectivity index (χ1n) is 16.4. The molecular weight excluding hydrogens is 606 g/mol. The molecule has 1 unspecified atom stereocenters. The Morgan fingerprint density at radius 1 is 1.02 bits per heavy atom. The highest BCUT2D eigenvalue weighted by atomic mass is 32.2. The second-order valence-electron chi connectivity index (χ2n) is 15.0. The first kappa shape index (κ1) is 30.3. The first-order valence-corrected chi connectivity index (χ1v) is 17.4. The topological polar surface area (TPSA) is 95.4 Å². The number of ether oxygens (including phenoxy) is 1. The Hall–Kier alpha value is -3.01. The van der Waals surface area contributed by atoms with Crippen molar-refractivity contribution >= 4 is 28.6 Å². The van der Waals surface area contributed by atoms with Crippen LogP contribution in [0.1, 0.15) is 69.2 Å². The van der Waals surface area contributed by atoms with E-state index in [0.29, 0.717) is 30.6 Å². The van der Waals surface area contributed by atoms with Gasteiger partial charge in [0.25, 0.3) is 0 Å². The van der Waals surface area contributed by atoms with Gasteiger partial charge in [-0.15, -0.1) is 0 Å². The molecule has 2 spiro atoms. The van der Waals surface area contributed by atoms with Crippen LogP contribution in [0.2, 0.25) is 0 Å². The van der Waals surface area contributed by atoms with E-state index in [1.54, 1.807) is 7.11 Å². The molecule has 6 nitrogen and oxygen atoms in total. The maximum atomic E-state index is 14.5. The summed E-state index contributed by atoms with van der Waals surface area (Å²) in [5, 5.41) is 24.2. The predicted octanol–water partition coefficient (Wildman–Crippen LogP) is 7.42. The smallest absolute Gasteiger partial charge is 0.189 e. The monoisotopic (exact) mass is 646 g/mol. The number of halogens is 2. The number of carbonyl (C=O) groups is 1. The van der Waals surface area contributed by atoms with Crippen LogP contribution in [0.5, 0.6) is 5.75 Å². The van der Waals surface area contributed by atoms with E-state index >= 15 is 0 Å². The highest BCUT2D eigenvalue weighted by molar-refractivity contribution is 7.99. The third kappa shape index (κ3) is 3.88. The fourth-order valence-corrected chi connectivity index (χ4v) is 11.9. The van der Waals surface area contributed by atoms with Crippen molar-refractivity contribution in [2.75, 3.05) is 12.9 Å². The molecule has 3 N–H and O–H groups in total. The van der Waals surface area contributed by atoms with E-state index in [0.717, 1.165) is 59.8 Å². The van der Waals surface area contributed by atoms with Gasteiger partial charge in [0.05, 0.1) is 29.8 Å². The molecule has 1 aromatic heterocycles. The van der Waals surface area contributed by atoms with Crippen molar-refractivity contribution < 1.29 is 28.5 Å². The molecule has 46 heavy (non-hydrogen) atoms. The van der Waals surface area contributed by atoms with Gasteiger partial charge in [-0.1, -0.05) is 43.8 Å². The lowest BCUT2D eigenvalue weighted by molar-refractivity contribution is -0.166. The highest BCUT2D eigenvalue weighted by Crippen LogP contribution is 2.78. The number of hydrogen-bond acceptors (Lipinski definition) is 6. The normalized spacial score (nSPS) is 39.1. The number of H-pyrrole nitrogens is 1. The molecule has 3 fully saturated rings. The number of aliphatic hydroxyl groups is 2. The Morgan fingerprint density at radius 3 is 2.57 bits per heavy atom. The molecule has 242 valence electrons. The maximum absolute atomic E-state index is 14.5. The summed E-state index contributed by atoms with van der Waals surface area (Å²) < 4.78 is 33.8. The summed E-state index contributed by atoms with van der Waals surface area (Å²) in [4.78, 5) is 22.6. The molecule has 0 saturated heterocycles. The number of imidazole rings is 1. The van der Waals surface area contributed by atoms with Crippen molar-refractivity contribution in [2.45, 2.75) is 75.7 Å². The number of Topliss-reactive ketones (excluding diaryl/α,β-unsaturated/α-hetero) is 1. The number of allylic oxidation sites excluding steroid dienone is 4. The molecule has 9 heteroatoms. The van der Waals surface area contributed by atoms with Crippen LogP contribution in [0.4, 0.5) is 8.78 Å². The van der Waals surface area contributed by atoms with Crippen LogP contribution in [0.3, 0.4) is 0 Å². The standard InChI is InChI=1S/C37H40F2N2O4S/c1-33-11-8-22(42)18-35(33)14-15-37(24(19-35)31(43)21-4-6-25(38)26(39)16-21)29(33)9-12-34(2)30(37)10-13-36(34,44)20-46-32-40-27-7-5-23(45-3)17-28(27)41-32/h4-7,14-17,19,22,29-30,42,44H,8-13,18,20H2,1-3H3,(H,40,41)/t22?,29-,30-,33-,34+,35+,36-,37-/m1/s1. The lowest BCUT2D eigenvalue weighted by Gasteiger charge is -2.71. The Bertz CT molecular complexity index is 1840. The van der Waals surface area contributed by atoms with Gasteiger partial charge in [-0.2, -0.15) is 0 Å². The first-order chi connectivity index (χ1) is 21.9. The minimum Gasteiger partial charge on any atom is -0.497 e. The molecule has 9 rings (SSSR count). The average Bonchev–Trinajstić information content (AvgIpc) is 3.58.